The molecule has 3 N–H and O–H groups in total. The van der Waals surface area contributed by atoms with E-state index in [-0.39, 0.29) is 11.8 Å². The lowest BCUT2D eigenvalue weighted by Gasteiger charge is -2.30. The van der Waals surface area contributed by atoms with Gasteiger partial charge in [0.1, 0.15) is 17.4 Å². The van der Waals surface area contributed by atoms with Crippen LogP contribution in [0.3, 0.4) is 0 Å². The molecular formula is C32H33N5O4. The smallest absolute Gasteiger partial charge is 0.261 e. The molecule has 5 rings (SSSR count). The molecule has 0 fully saturated rings. The number of benzene rings is 3. The highest BCUT2D eigenvalue weighted by molar-refractivity contribution is 6.09. The van der Waals surface area contributed by atoms with Crippen molar-refractivity contribution in [3.8, 4) is 11.5 Å². The van der Waals surface area contributed by atoms with Gasteiger partial charge >= 0.3 is 0 Å². The SMILES string of the molecule is COc1ccc([C@@H]2C(C(=O)Nc3ccc(C)cc3C)=C(C)Nc3c(C(=O)Nc4ccc(C)cc4)cnn32)cc1OC. The number of nitrogens with zero attached hydrogens (tertiary/aromatic N) is 2. The van der Waals surface area contributed by atoms with Gasteiger partial charge in [-0.2, -0.15) is 5.10 Å². The second kappa shape index (κ2) is 11.2. The molecule has 0 saturated heterocycles. The number of rotatable bonds is 7. The average Bonchev–Trinajstić information content (AvgIpc) is 3.38. The molecule has 4 aromatic rings. The van der Waals surface area contributed by atoms with Gasteiger partial charge in [0.2, 0.25) is 0 Å². The number of carbonyl (C=O) groups excluding carboxylic acids is 2. The lowest BCUT2D eigenvalue weighted by molar-refractivity contribution is -0.113. The number of hydrogen-bond acceptors (Lipinski definition) is 6. The fourth-order valence-corrected chi connectivity index (χ4v) is 5.03. The number of carbonyl (C=O) groups is 2. The van der Waals surface area contributed by atoms with Gasteiger partial charge in [0.25, 0.3) is 11.8 Å². The predicted octanol–water partition coefficient (Wildman–Crippen LogP) is 6.01. The van der Waals surface area contributed by atoms with Gasteiger partial charge in [-0.3, -0.25) is 9.59 Å². The Morgan fingerprint density at radius 3 is 2.22 bits per heavy atom. The molecule has 0 saturated carbocycles. The minimum absolute atomic E-state index is 0.284. The Balaban J connectivity index is 1.58. The van der Waals surface area contributed by atoms with Crippen LogP contribution < -0.4 is 25.4 Å². The molecule has 1 atom stereocenters. The second-order valence-corrected chi connectivity index (χ2v) is 10.1. The Labute approximate surface area is 239 Å². The van der Waals surface area contributed by atoms with Crippen LogP contribution >= 0.6 is 0 Å². The summed E-state index contributed by atoms with van der Waals surface area (Å²) in [7, 11) is 3.13. The Hall–Kier alpha value is -5.05. The van der Waals surface area contributed by atoms with Crippen molar-refractivity contribution in [1.29, 1.82) is 0 Å². The molecule has 2 heterocycles. The summed E-state index contributed by atoms with van der Waals surface area (Å²) < 4.78 is 12.7. The first-order chi connectivity index (χ1) is 19.7. The van der Waals surface area contributed by atoms with Crippen molar-refractivity contribution in [1.82, 2.24) is 9.78 Å². The van der Waals surface area contributed by atoms with Crippen LogP contribution in [0.4, 0.5) is 17.2 Å². The Morgan fingerprint density at radius 2 is 1.54 bits per heavy atom. The zero-order chi connectivity index (χ0) is 29.3. The lowest BCUT2D eigenvalue weighted by Crippen LogP contribution is -2.32. The molecule has 1 aromatic heterocycles. The number of methoxy groups -OCH3 is 2. The zero-order valence-corrected chi connectivity index (χ0v) is 24.0. The third-order valence-electron chi connectivity index (χ3n) is 7.18. The quantitative estimate of drug-likeness (QED) is 0.260. The van der Waals surface area contributed by atoms with Crippen molar-refractivity contribution in [2.24, 2.45) is 0 Å². The van der Waals surface area contributed by atoms with Gasteiger partial charge in [-0.15, -0.1) is 0 Å². The van der Waals surface area contributed by atoms with E-state index in [1.54, 1.807) is 25.0 Å². The highest BCUT2D eigenvalue weighted by Gasteiger charge is 2.36. The van der Waals surface area contributed by atoms with Crippen LogP contribution in [0, 0.1) is 20.8 Å². The van der Waals surface area contributed by atoms with Crippen LogP contribution in [0.2, 0.25) is 0 Å². The van der Waals surface area contributed by atoms with E-state index in [4.69, 9.17) is 9.47 Å². The van der Waals surface area contributed by atoms with E-state index < -0.39 is 6.04 Å². The van der Waals surface area contributed by atoms with Gasteiger partial charge in [-0.25, -0.2) is 4.68 Å². The van der Waals surface area contributed by atoms with Crippen molar-refractivity contribution >= 4 is 29.0 Å². The summed E-state index contributed by atoms with van der Waals surface area (Å²) >= 11 is 0. The first-order valence-electron chi connectivity index (χ1n) is 13.2. The third-order valence-corrected chi connectivity index (χ3v) is 7.18. The molecule has 0 aliphatic carbocycles. The number of fused-ring (bicyclic) bond motifs is 1. The summed E-state index contributed by atoms with van der Waals surface area (Å²) in [5, 5.41) is 13.9. The molecule has 0 spiro atoms. The summed E-state index contributed by atoms with van der Waals surface area (Å²) in [4.78, 5) is 27.3. The van der Waals surface area contributed by atoms with Crippen molar-refractivity contribution < 1.29 is 19.1 Å². The summed E-state index contributed by atoms with van der Waals surface area (Å²) in [6.45, 7) is 7.78. The first-order valence-corrected chi connectivity index (χ1v) is 13.2. The minimum Gasteiger partial charge on any atom is -0.493 e. The fraction of sp³-hybridized carbons (Fsp3) is 0.219. The highest BCUT2D eigenvalue weighted by atomic mass is 16.5. The maximum Gasteiger partial charge on any atom is 0.261 e. The number of anilines is 3. The second-order valence-electron chi connectivity index (χ2n) is 10.1. The number of nitrogens with one attached hydrogen (secondary N) is 3. The molecule has 3 aromatic carbocycles. The summed E-state index contributed by atoms with van der Waals surface area (Å²) in [5.74, 6) is 0.959. The number of aromatic nitrogens is 2. The first kappa shape index (κ1) is 27.5. The molecule has 41 heavy (non-hydrogen) atoms. The Bertz CT molecular complexity index is 1670. The van der Waals surface area contributed by atoms with E-state index in [1.165, 1.54) is 6.20 Å². The Morgan fingerprint density at radius 1 is 0.829 bits per heavy atom. The normalized spacial score (nSPS) is 14.1. The molecular weight excluding hydrogens is 518 g/mol. The van der Waals surface area contributed by atoms with E-state index in [0.29, 0.717) is 39.8 Å². The van der Waals surface area contributed by atoms with Crippen molar-refractivity contribution in [2.45, 2.75) is 33.7 Å². The minimum atomic E-state index is -0.655. The summed E-state index contributed by atoms with van der Waals surface area (Å²) in [5.41, 5.74) is 6.70. The number of hydrogen-bond donors (Lipinski definition) is 3. The van der Waals surface area contributed by atoms with Crippen LogP contribution in [0.5, 0.6) is 11.5 Å². The van der Waals surface area contributed by atoms with Crippen molar-refractivity contribution in [3.05, 3.63) is 106 Å². The van der Waals surface area contributed by atoms with Gasteiger partial charge < -0.3 is 25.4 Å². The van der Waals surface area contributed by atoms with E-state index in [1.807, 2.05) is 82.3 Å². The summed E-state index contributed by atoms with van der Waals surface area (Å²) in [6.07, 6.45) is 1.51. The van der Waals surface area contributed by atoms with Crippen LogP contribution in [0.25, 0.3) is 0 Å². The topological polar surface area (TPSA) is 107 Å². The molecule has 0 bridgehead atoms. The van der Waals surface area contributed by atoms with E-state index >= 15 is 0 Å². The third kappa shape index (κ3) is 5.38. The molecule has 210 valence electrons. The zero-order valence-electron chi connectivity index (χ0n) is 24.0. The van der Waals surface area contributed by atoms with Gasteiger partial charge in [0.15, 0.2) is 11.5 Å². The standard InChI is InChI=1S/C32H33N5O4/c1-18-7-11-23(12-8-18)35-31(38)24-17-33-37-29(22-10-14-26(40-5)27(16-22)41-6)28(21(4)34-30(24)37)32(39)36-25-13-9-19(2)15-20(25)3/h7-17,29,34H,1-6H3,(H,35,38)(H,36,39)/t29-/m1/s1. The number of aryl methyl sites for hydroxylation is 3. The van der Waals surface area contributed by atoms with Crippen molar-refractivity contribution in [3.63, 3.8) is 0 Å². The van der Waals surface area contributed by atoms with Crippen molar-refractivity contribution in [2.75, 3.05) is 30.2 Å². The number of ether oxygens (including phenoxy) is 2. The molecule has 9 nitrogen and oxygen atoms in total. The molecule has 0 radical (unpaired) electrons. The van der Waals surface area contributed by atoms with Crippen LogP contribution in [0.1, 0.15) is 45.6 Å². The Kier molecular flexibility index (Phi) is 7.52. The van der Waals surface area contributed by atoms with E-state index in [0.717, 1.165) is 27.9 Å². The van der Waals surface area contributed by atoms with Gasteiger partial charge in [0.05, 0.1) is 26.0 Å². The van der Waals surface area contributed by atoms with E-state index in [9.17, 15) is 9.59 Å². The monoisotopic (exact) mass is 551 g/mol. The molecule has 0 unspecified atom stereocenters. The maximum absolute atomic E-state index is 13.9. The largest absolute Gasteiger partial charge is 0.493 e. The van der Waals surface area contributed by atoms with Gasteiger partial charge in [0, 0.05) is 17.1 Å². The predicted molar refractivity (Wildman–Crippen MR) is 160 cm³/mol. The number of amides is 2. The summed E-state index contributed by atoms with van der Waals surface area (Å²) in [6, 6.07) is 18.3. The van der Waals surface area contributed by atoms with E-state index in [2.05, 4.69) is 21.0 Å². The average molecular weight is 552 g/mol. The van der Waals surface area contributed by atoms with Crippen LogP contribution in [-0.4, -0.2) is 35.8 Å². The molecule has 1 aliphatic heterocycles. The fourth-order valence-electron chi connectivity index (χ4n) is 5.03. The lowest BCUT2D eigenvalue weighted by atomic mass is 9.94. The molecule has 9 heteroatoms. The van der Waals surface area contributed by atoms with Gasteiger partial charge in [-0.1, -0.05) is 41.5 Å². The molecule has 2 amide bonds. The van der Waals surface area contributed by atoms with Gasteiger partial charge in [-0.05, 0) is 69.2 Å². The molecule has 1 aliphatic rings. The van der Waals surface area contributed by atoms with Crippen LogP contribution in [0.15, 0.2) is 78.1 Å². The van der Waals surface area contributed by atoms with Crippen LogP contribution in [-0.2, 0) is 4.79 Å². The maximum atomic E-state index is 13.9. The highest BCUT2D eigenvalue weighted by Crippen LogP contribution is 2.40. The number of allylic oxidation sites excluding steroid dienone is 1.